The topological polar surface area (TPSA) is 50.3 Å². The van der Waals surface area contributed by atoms with E-state index in [9.17, 15) is 8.78 Å². The first-order chi connectivity index (χ1) is 12.2. The van der Waals surface area contributed by atoms with Crippen LogP contribution in [-0.2, 0) is 4.74 Å². The molecule has 1 aliphatic rings. The molecule has 5 nitrogen and oxygen atoms in total. The van der Waals surface area contributed by atoms with Gasteiger partial charge in [0, 0.05) is 30.2 Å². The molecule has 0 bridgehead atoms. The first kappa shape index (κ1) is 15.7. The summed E-state index contributed by atoms with van der Waals surface area (Å²) in [7, 11) is 0. The Morgan fingerprint density at radius 3 is 2.64 bits per heavy atom. The van der Waals surface area contributed by atoms with E-state index in [0.717, 1.165) is 0 Å². The van der Waals surface area contributed by atoms with Gasteiger partial charge in [-0.05, 0) is 30.3 Å². The molecule has 3 aromatic rings. The van der Waals surface area contributed by atoms with Gasteiger partial charge in [-0.2, -0.15) is 0 Å². The van der Waals surface area contributed by atoms with Crippen LogP contribution in [0.15, 0.2) is 42.7 Å². The number of nitrogens with one attached hydrogen (secondary N) is 1. The second-order valence-electron chi connectivity index (χ2n) is 5.77. The van der Waals surface area contributed by atoms with Crippen molar-refractivity contribution in [1.82, 2.24) is 9.97 Å². The number of fused-ring (bicyclic) bond motifs is 1. The van der Waals surface area contributed by atoms with Crippen LogP contribution in [0.2, 0.25) is 0 Å². The molecule has 4 rings (SSSR count). The number of anilines is 3. The van der Waals surface area contributed by atoms with Crippen LogP contribution in [0.3, 0.4) is 0 Å². The fourth-order valence-electron chi connectivity index (χ4n) is 2.91. The molecular formula is C18H16F2N4O. The molecule has 7 heteroatoms. The van der Waals surface area contributed by atoms with Crippen LogP contribution in [0.25, 0.3) is 10.9 Å². The minimum atomic E-state index is -0.363. The van der Waals surface area contributed by atoms with Gasteiger partial charge in [0.1, 0.15) is 23.8 Å². The van der Waals surface area contributed by atoms with Crippen LogP contribution < -0.4 is 10.2 Å². The number of aromatic nitrogens is 2. The van der Waals surface area contributed by atoms with Crippen molar-refractivity contribution in [3.05, 3.63) is 54.4 Å². The fraction of sp³-hybridized carbons (Fsp3) is 0.222. The zero-order chi connectivity index (χ0) is 17.2. The van der Waals surface area contributed by atoms with E-state index in [0.29, 0.717) is 54.4 Å². The molecule has 2 heterocycles. The van der Waals surface area contributed by atoms with Crippen LogP contribution >= 0.6 is 0 Å². The van der Waals surface area contributed by atoms with E-state index >= 15 is 0 Å². The van der Waals surface area contributed by atoms with Gasteiger partial charge < -0.3 is 15.0 Å². The van der Waals surface area contributed by atoms with Gasteiger partial charge in [0.15, 0.2) is 0 Å². The lowest BCUT2D eigenvalue weighted by atomic mass is 10.2. The number of ether oxygens (including phenoxy) is 1. The van der Waals surface area contributed by atoms with E-state index in [1.165, 1.54) is 24.5 Å². The third kappa shape index (κ3) is 3.23. The highest BCUT2D eigenvalue weighted by Crippen LogP contribution is 2.27. The Kier molecular flexibility index (Phi) is 4.15. The lowest BCUT2D eigenvalue weighted by Crippen LogP contribution is -2.36. The minimum absolute atomic E-state index is 0.309. The molecule has 1 aliphatic heterocycles. The van der Waals surface area contributed by atoms with Crippen LogP contribution in [0.5, 0.6) is 0 Å². The Morgan fingerprint density at radius 2 is 1.84 bits per heavy atom. The van der Waals surface area contributed by atoms with Gasteiger partial charge in [0.05, 0.1) is 24.4 Å². The maximum atomic E-state index is 14.5. The van der Waals surface area contributed by atoms with Crippen LogP contribution in [0.4, 0.5) is 26.0 Å². The Morgan fingerprint density at radius 1 is 1.00 bits per heavy atom. The van der Waals surface area contributed by atoms with Gasteiger partial charge >= 0.3 is 0 Å². The third-order valence-electron chi connectivity index (χ3n) is 4.16. The zero-order valence-corrected chi connectivity index (χ0v) is 13.4. The van der Waals surface area contributed by atoms with E-state index in [2.05, 4.69) is 15.3 Å². The van der Waals surface area contributed by atoms with E-state index in [1.807, 2.05) is 4.90 Å². The zero-order valence-electron chi connectivity index (χ0n) is 13.4. The van der Waals surface area contributed by atoms with Crippen molar-refractivity contribution in [2.45, 2.75) is 0 Å². The number of hydrogen-bond donors (Lipinski definition) is 1. The standard InChI is InChI=1S/C18H16F2N4O/c19-12-1-3-14-16(9-12)21-11-22-18(14)23-13-2-4-17(15(20)10-13)24-5-7-25-8-6-24/h1-4,9-11H,5-8H2,(H,21,22,23). The second-order valence-corrected chi connectivity index (χ2v) is 5.77. The van der Waals surface area contributed by atoms with Crippen LogP contribution in [0, 0.1) is 11.6 Å². The van der Waals surface area contributed by atoms with Crippen molar-refractivity contribution < 1.29 is 13.5 Å². The smallest absolute Gasteiger partial charge is 0.148 e. The number of benzene rings is 2. The van der Waals surface area contributed by atoms with Gasteiger partial charge in [-0.3, -0.25) is 0 Å². The maximum Gasteiger partial charge on any atom is 0.148 e. The van der Waals surface area contributed by atoms with E-state index < -0.39 is 0 Å². The molecule has 0 unspecified atom stereocenters. The van der Waals surface area contributed by atoms with Crippen molar-refractivity contribution >= 4 is 28.1 Å². The summed E-state index contributed by atoms with van der Waals surface area (Å²) in [4.78, 5) is 10.2. The second kappa shape index (κ2) is 6.60. The number of rotatable bonds is 3. The molecule has 1 saturated heterocycles. The summed E-state index contributed by atoms with van der Waals surface area (Å²) in [6.07, 6.45) is 1.35. The monoisotopic (exact) mass is 342 g/mol. The van der Waals surface area contributed by atoms with Crippen molar-refractivity contribution in [2.24, 2.45) is 0 Å². The predicted molar refractivity (Wildman–Crippen MR) is 92.2 cm³/mol. The normalized spacial score (nSPS) is 14.7. The molecule has 25 heavy (non-hydrogen) atoms. The molecule has 1 fully saturated rings. The summed E-state index contributed by atoms with van der Waals surface area (Å²) in [5.74, 6) is -0.169. The average Bonchev–Trinajstić information content (AvgIpc) is 2.62. The highest BCUT2D eigenvalue weighted by Gasteiger charge is 2.15. The molecular weight excluding hydrogens is 326 g/mol. The molecule has 0 atom stereocenters. The Hall–Kier alpha value is -2.80. The van der Waals surface area contributed by atoms with Crippen molar-refractivity contribution in [3.63, 3.8) is 0 Å². The Bertz CT molecular complexity index is 913. The Balaban J connectivity index is 1.62. The largest absolute Gasteiger partial charge is 0.378 e. The van der Waals surface area contributed by atoms with Gasteiger partial charge in [-0.15, -0.1) is 0 Å². The van der Waals surface area contributed by atoms with Gasteiger partial charge in [0.2, 0.25) is 0 Å². The third-order valence-corrected chi connectivity index (χ3v) is 4.16. The van der Waals surface area contributed by atoms with Gasteiger partial charge in [-0.25, -0.2) is 18.7 Å². The van der Waals surface area contributed by atoms with Crippen LogP contribution in [-0.4, -0.2) is 36.3 Å². The lowest BCUT2D eigenvalue weighted by Gasteiger charge is -2.29. The molecule has 0 saturated carbocycles. The number of halogens is 2. The predicted octanol–water partition coefficient (Wildman–Crippen LogP) is 3.49. The highest BCUT2D eigenvalue weighted by molar-refractivity contribution is 5.90. The number of hydrogen-bond acceptors (Lipinski definition) is 5. The lowest BCUT2D eigenvalue weighted by molar-refractivity contribution is 0.122. The molecule has 1 N–H and O–H groups in total. The van der Waals surface area contributed by atoms with Gasteiger partial charge in [0.25, 0.3) is 0 Å². The molecule has 1 aromatic heterocycles. The van der Waals surface area contributed by atoms with Gasteiger partial charge in [-0.1, -0.05) is 0 Å². The Labute approximate surface area is 143 Å². The summed E-state index contributed by atoms with van der Waals surface area (Å²) in [6.45, 7) is 2.55. The summed E-state index contributed by atoms with van der Waals surface area (Å²) in [5, 5.41) is 3.75. The molecule has 0 amide bonds. The molecule has 0 radical (unpaired) electrons. The molecule has 0 aliphatic carbocycles. The van der Waals surface area contributed by atoms with Crippen molar-refractivity contribution in [1.29, 1.82) is 0 Å². The summed E-state index contributed by atoms with van der Waals surface area (Å²) in [6, 6.07) is 9.26. The first-order valence-electron chi connectivity index (χ1n) is 8.00. The average molecular weight is 342 g/mol. The minimum Gasteiger partial charge on any atom is -0.378 e. The first-order valence-corrected chi connectivity index (χ1v) is 8.00. The highest BCUT2D eigenvalue weighted by atomic mass is 19.1. The summed E-state index contributed by atoms with van der Waals surface area (Å²) in [5.41, 5.74) is 1.62. The summed E-state index contributed by atoms with van der Waals surface area (Å²) >= 11 is 0. The van der Waals surface area contributed by atoms with E-state index in [-0.39, 0.29) is 11.6 Å². The van der Waals surface area contributed by atoms with E-state index in [1.54, 1.807) is 18.2 Å². The van der Waals surface area contributed by atoms with E-state index in [4.69, 9.17) is 4.74 Å². The molecule has 2 aromatic carbocycles. The SMILES string of the molecule is Fc1ccc2c(Nc3ccc(N4CCOCC4)c(F)c3)ncnc2c1. The van der Waals surface area contributed by atoms with Crippen molar-refractivity contribution in [2.75, 3.05) is 36.5 Å². The quantitative estimate of drug-likeness (QED) is 0.790. The molecule has 128 valence electrons. The van der Waals surface area contributed by atoms with Crippen LogP contribution in [0.1, 0.15) is 0 Å². The summed E-state index contributed by atoms with van der Waals surface area (Å²) < 4.78 is 33.1. The molecule has 0 spiro atoms. The maximum absolute atomic E-state index is 14.5. The fourth-order valence-corrected chi connectivity index (χ4v) is 2.91. The van der Waals surface area contributed by atoms with Crippen molar-refractivity contribution in [3.8, 4) is 0 Å². The number of nitrogens with zero attached hydrogens (tertiary/aromatic N) is 3. The number of morpholine rings is 1.